The molecule has 0 aliphatic heterocycles. The van der Waals surface area contributed by atoms with Gasteiger partial charge in [-0.15, -0.1) is 0 Å². The Hall–Kier alpha value is -0.650. The van der Waals surface area contributed by atoms with Crippen LogP contribution in [0.25, 0.3) is 0 Å². The number of methoxy groups -OCH3 is 1. The number of hydrogen-bond donors (Lipinski definition) is 2. The van der Waals surface area contributed by atoms with Crippen LogP contribution in [0.3, 0.4) is 0 Å². The van der Waals surface area contributed by atoms with Gasteiger partial charge in [0.15, 0.2) is 0 Å². The quantitative estimate of drug-likeness (QED) is 0.560. The maximum Gasteiger partial charge on any atom is 0.237 e. The number of amides is 1. The molecule has 5 heteroatoms. The van der Waals surface area contributed by atoms with Gasteiger partial charge in [0.2, 0.25) is 5.91 Å². The third-order valence-electron chi connectivity index (χ3n) is 2.22. The van der Waals surface area contributed by atoms with Gasteiger partial charge >= 0.3 is 0 Å². The predicted molar refractivity (Wildman–Crippen MR) is 63.2 cm³/mol. The van der Waals surface area contributed by atoms with Crippen molar-refractivity contribution in [2.45, 2.75) is 38.8 Å². The van der Waals surface area contributed by atoms with Crippen molar-refractivity contribution in [3.63, 3.8) is 0 Å². The van der Waals surface area contributed by atoms with Gasteiger partial charge in [-0.2, -0.15) is 0 Å². The minimum Gasteiger partial charge on any atom is -0.385 e. The summed E-state index contributed by atoms with van der Waals surface area (Å²) in [6, 6.07) is -0.455. The molecular formula is C11H24N2O3. The summed E-state index contributed by atoms with van der Waals surface area (Å²) in [5.74, 6) is -0.123. The summed E-state index contributed by atoms with van der Waals surface area (Å²) in [7, 11) is 1.63. The van der Waals surface area contributed by atoms with Gasteiger partial charge < -0.3 is 20.5 Å². The molecule has 0 spiro atoms. The second kappa shape index (κ2) is 9.57. The third-order valence-corrected chi connectivity index (χ3v) is 2.22. The van der Waals surface area contributed by atoms with E-state index >= 15 is 0 Å². The smallest absolute Gasteiger partial charge is 0.237 e. The molecule has 2 unspecified atom stereocenters. The number of ether oxygens (including phenoxy) is 2. The maximum atomic E-state index is 11.5. The molecule has 0 bridgehead atoms. The van der Waals surface area contributed by atoms with Crippen LogP contribution in [-0.2, 0) is 14.3 Å². The van der Waals surface area contributed by atoms with E-state index in [0.29, 0.717) is 26.2 Å². The first-order valence-electron chi connectivity index (χ1n) is 5.75. The molecule has 0 radical (unpaired) electrons. The summed E-state index contributed by atoms with van der Waals surface area (Å²) in [5, 5.41) is 2.76. The van der Waals surface area contributed by atoms with Crippen molar-refractivity contribution in [3.05, 3.63) is 0 Å². The van der Waals surface area contributed by atoms with Crippen LogP contribution in [0.1, 0.15) is 26.7 Å². The van der Waals surface area contributed by atoms with E-state index in [1.165, 1.54) is 0 Å². The van der Waals surface area contributed by atoms with Gasteiger partial charge in [-0.1, -0.05) is 0 Å². The third kappa shape index (κ3) is 7.62. The van der Waals surface area contributed by atoms with Crippen molar-refractivity contribution in [2.75, 3.05) is 26.9 Å². The molecule has 0 rings (SSSR count). The van der Waals surface area contributed by atoms with Gasteiger partial charge in [0.05, 0.1) is 12.1 Å². The first-order valence-corrected chi connectivity index (χ1v) is 5.75. The highest BCUT2D eigenvalue weighted by Gasteiger charge is 2.13. The lowest BCUT2D eigenvalue weighted by Crippen LogP contribution is -2.43. The SMILES string of the molecule is CCOC(C)CNC(=O)C(N)CCCOC. The number of rotatable bonds is 9. The Balaban J connectivity index is 3.62. The van der Waals surface area contributed by atoms with Crippen molar-refractivity contribution in [2.24, 2.45) is 5.73 Å². The van der Waals surface area contributed by atoms with Crippen molar-refractivity contribution in [3.8, 4) is 0 Å². The van der Waals surface area contributed by atoms with Crippen LogP contribution < -0.4 is 11.1 Å². The summed E-state index contributed by atoms with van der Waals surface area (Å²) in [6.07, 6.45) is 1.47. The molecule has 0 fully saturated rings. The molecule has 16 heavy (non-hydrogen) atoms. The zero-order chi connectivity index (χ0) is 12.4. The topological polar surface area (TPSA) is 73.6 Å². The van der Waals surface area contributed by atoms with Gasteiger partial charge in [0.25, 0.3) is 0 Å². The van der Waals surface area contributed by atoms with Crippen LogP contribution in [-0.4, -0.2) is 44.9 Å². The highest BCUT2D eigenvalue weighted by atomic mass is 16.5. The molecule has 0 aliphatic carbocycles. The second-order valence-corrected chi connectivity index (χ2v) is 3.75. The van der Waals surface area contributed by atoms with Crippen LogP contribution >= 0.6 is 0 Å². The number of carbonyl (C=O) groups is 1. The zero-order valence-corrected chi connectivity index (χ0v) is 10.5. The summed E-state index contributed by atoms with van der Waals surface area (Å²) < 4.78 is 10.2. The Morgan fingerprint density at radius 3 is 2.75 bits per heavy atom. The van der Waals surface area contributed by atoms with Crippen molar-refractivity contribution < 1.29 is 14.3 Å². The highest BCUT2D eigenvalue weighted by molar-refractivity contribution is 5.81. The lowest BCUT2D eigenvalue weighted by atomic mass is 10.1. The average molecular weight is 232 g/mol. The maximum absolute atomic E-state index is 11.5. The first kappa shape index (κ1) is 15.3. The number of hydrogen-bond acceptors (Lipinski definition) is 4. The van der Waals surface area contributed by atoms with E-state index in [1.54, 1.807) is 7.11 Å². The molecule has 0 aromatic carbocycles. The number of nitrogens with one attached hydrogen (secondary N) is 1. The molecule has 96 valence electrons. The fraction of sp³-hybridized carbons (Fsp3) is 0.909. The molecule has 0 aliphatic rings. The van der Waals surface area contributed by atoms with Crippen LogP contribution in [0.15, 0.2) is 0 Å². The predicted octanol–water partition coefficient (Wildman–Crippen LogP) is 0.282. The lowest BCUT2D eigenvalue weighted by Gasteiger charge is -2.15. The van der Waals surface area contributed by atoms with E-state index in [2.05, 4.69) is 5.32 Å². The van der Waals surface area contributed by atoms with Crippen molar-refractivity contribution >= 4 is 5.91 Å². The largest absolute Gasteiger partial charge is 0.385 e. The van der Waals surface area contributed by atoms with E-state index < -0.39 is 6.04 Å². The Morgan fingerprint density at radius 1 is 1.50 bits per heavy atom. The van der Waals surface area contributed by atoms with E-state index in [4.69, 9.17) is 15.2 Å². The monoisotopic (exact) mass is 232 g/mol. The molecule has 2 atom stereocenters. The fourth-order valence-electron chi connectivity index (χ4n) is 1.30. The van der Waals surface area contributed by atoms with Gasteiger partial charge in [0, 0.05) is 26.9 Å². The molecular weight excluding hydrogens is 208 g/mol. The zero-order valence-electron chi connectivity index (χ0n) is 10.5. The van der Waals surface area contributed by atoms with Gasteiger partial charge in [0.1, 0.15) is 0 Å². The van der Waals surface area contributed by atoms with E-state index in [9.17, 15) is 4.79 Å². The van der Waals surface area contributed by atoms with Gasteiger partial charge in [-0.3, -0.25) is 4.79 Å². The molecule has 0 heterocycles. The van der Waals surface area contributed by atoms with Crippen LogP contribution in [0.5, 0.6) is 0 Å². The Kier molecular flexibility index (Phi) is 9.18. The Labute approximate surface area is 97.7 Å². The molecule has 0 aromatic rings. The number of carbonyl (C=O) groups excluding carboxylic acids is 1. The van der Waals surface area contributed by atoms with Gasteiger partial charge in [-0.25, -0.2) is 0 Å². The van der Waals surface area contributed by atoms with Crippen LogP contribution in [0, 0.1) is 0 Å². The first-order chi connectivity index (χ1) is 7.61. The highest BCUT2D eigenvalue weighted by Crippen LogP contribution is 1.95. The summed E-state index contributed by atoms with van der Waals surface area (Å²) in [6.45, 7) is 5.63. The minimum atomic E-state index is -0.455. The standard InChI is InChI=1S/C11H24N2O3/c1-4-16-9(2)8-13-11(14)10(12)6-5-7-15-3/h9-10H,4-8,12H2,1-3H3,(H,13,14). The molecule has 0 saturated heterocycles. The second-order valence-electron chi connectivity index (χ2n) is 3.75. The average Bonchev–Trinajstić information content (AvgIpc) is 2.26. The Bertz CT molecular complexity index is 188. The van der Waals surface area contributed by atoms with E-state index in [1.807, 2.05) is 13.8 Å². The molecule has 3 N–H and O–H groups in total. The summed E-state index contributed by atoms with van der Waals surface area (Å²) in [4.78, 5) is 11.5. The molecule has 1 amide bonds. The normalized spacial score (nSPS) is 14.5. The fourth-order valence-corrected chi connectivity index (χ4v) is 1.30. The number of nitrogens with two attached hydrogens (primary N) is 1. The van der Waals surface area contributed by atoms with E-state index in [-0.39, 0.29) is 12.0 Å². The molecule has 0 aromatic heterocycles. The van der Waals surface area contributed by atoms with Gasteiger partial charge in [-0.05, 0) is 26.7 Å². The molecule has 5 nitrogen and oxygen atoms in total. The molecule has 0 saturated carbocycles. The van der Waals surface area contributed by atoms with Crippen LogP contribution in [0.4, 0.5) is 0 Å². The van der Waals surface area contributed by atoms with Crippen molar-refractivity contribution in [1.29, 1.82) is 0 Å². The van der Waals surface area contributed by atoms with Crippen LogP contribution in [0.2, 0.25) is 0 Å². The summed E-state index contributed by atoms with van der Waals surface area (Å²) >= 11 is 0. The van der Waals surface area contributed by atoms with Crippen molar-refractivity contribution in [1.82, 2.24) is 5.32 Å². The van der Waals surface area contributed by atoms with E-state index in [0.717, 1.165) is 6.42 Å². The minimum absolute atomic E-state index is 0.0279. The Morgan fingerprint density at radius 2 is 2.19 bits per heavy atom. The lowest BCUT2D eigenvalue weighted by molar-refractivity contribution is -0.123. The summed E-state index contributed by atoms with van der Waals surface area (Å²) in [5.41, 5.74) is 5.71.